The van der Waals surface area contributed by atoms with Crippen LogP contribution in [0.3, 0.4) is 0 Å². The maximum atomic E-state index is 5.95. The fraction of sp³-hybridized carbons (Fsp3) is 0.600. The van der Waals surface area contributed by atoms with E-state index in [1.807, 2.05) is 17.9 Å². The van der Waals surface area contributed by atoms with Crippen LogP contribution in [0, 0.1) is 0 Å². The van der Waals surface area contributed by atoms with Gasteiger partial charge in [0.05, 0.1) is 11.9 Å². The van der Waals surface area contributed by atoms with Crippen LogP contribution in [0.25, 0.3) is 5.57 Å². The highest BCUT2D eigenvalue weighted by Crippen LogP contribution is 2.24. The molecule has 4 nitrogen and oxygen atoms in total. The number of nitrogens with two attached hydrogens (primary N) is 1. The van der Waals surface area contributed by atoms with Crippen LogP contribution in [0.4, 0.5) is 0 Å². The van der Waals surface area contributed by atoms with Gasteiger partial charge in [0.15, 0.2) is 0 Å². The molecule has 0 bridgehead atoms. The molecule has 1 aromatic rings. The van der Waals surface area contributed by atoms with E-state index < -0.39 is 0 Å². The van der Waals surface area contributed by atoms with Gasteiger partial charge in [0, 0.05) is 13.1 Å². The Balaban J connectivity index is 2.28. The van der Waals surface area contributed by atoms with Gasteiger partial charge in [-0.2, -0.15) is 0 Å². The first kappa shape index (κ1) is 9.40. The van der Waals surface area contributed by atoms with Crippen LogP contribution in [0.2, 0.25) is 0 Å². The van der Waals surface area contributed by atoms with Crippen LogP contribution < -0.4 is 5.73 Å². The van der Waals surface area contributed by atoms with Crippen LogP contribution in [0.1, 0.15) is 31.4 Å². The third kappa shape index (κ3) is 1.85. The third-order valence-electron chi connectivity index (χ3n) is 2.69. The van der Waals surface area contributed by atoms with Gasteiger partial charge in [-0.05, 0) is 24.8 Å². The molecule has 0 fully saturated rings. The van der Waals surface area contributed by atoms with Gasteiger partial charge in [0.1, 0.15) is 0 Å². The minimum absolute atomic E-state index is 0.197. The summed E-state index contributed by atoms with van der Waals surface area (Å²) in [5.41, 5.74) is 8.35. The van der Waals surface area contributed by atoms with Crippen LogP contribution in [0.5, 0.6) is 0 Å². The smallest absolute Gasteiger partial charge is 0.0839 e. The molecule has 2 rings (SSSR count). The van der Waals surface area contributed by atoms with Gasteiger partial charge < -0.3 is 5.73 Å². The molecule has 0 radical (unpaired) electrons. The third-order valence-corrected chi connectivity index (χ3v) is 2.69. The molecule has 1 aliphatic rings. The quantitative estimate of drug-likeness (QED) is 0.725. The van der Waals surface area contributed by atoms with Gasteiger partial charge >= 0.3 is 0 Å². The first-order valence-electron chi connectivity index (χ1n) is 5.08. The number of hydrogen-bond donors (Lipinski definition) is 1. The van der Waals surface area contributed by atoms with Gasteiger partial charge in [0.25, 0.3) is 0 Å². The highest BCUT2D eigenvalue weighted by Gasteiger charge is 2.12. The molecule has 1 heterocycles. The Bertz CT molecular complexity index is 340. The van der Waals surface area contributed by atoms with E-state index in [2.05, 4.69) is 16.4 Å². The molecule has 1 atom stereocenters. The highest BCUT2D eigenvalue weighted by molar-refractivity contribution is 5.62. The Morgan fingerprint density at radius 1 is 1.50 bits per heavy atom. The summed E-state index contributed by atoms with van der Waals surface area (Å²) in [5.74, 6) is 0. The molecule has 0 aromatic carbocycles. The topological polar surface area (TPSA) is 56.7 Å². The van der Waals surface area contributed by atoms with Crippen molar-refractivity contribution in [3.63, 3.8) is 0 Å². The minimum Gasteiger partial charge on any atom is -0.324 e. The molecule has 2 N–H and O–H groups in total. The molecule has 4 heteroatoms. The summed E-state index contributed by atoms with van der Waals surface area (Å²) in [4.78, 5) is 0. The van der Waals surface area contributed by atoms with E-state index in [0.29, 0.717) is 0 Å². The second-order valence-electron chi connectivity index (χ2n) is 3.84. The Morgan fingerprint density at radius 2 is 2.36 bits per heavy atom. The molecule has 1 unspecified atom stereocenters. The lowest BCUT2D eigenvalue weighted by Gasteiger charge is -2.05. The zero-order valence-corrected chi connectivity index (χ0v) is 8.48. The van der Waals surface area contributed by atoms with Gasteiger partial charge in [-0.25, -0.2) is 4.68 Å². The van der Waals surface area contributed by atoms with E-state index in [0.717, 1.165) is 18.5 Å². The molecule has 0 amide bonds. The van der Waals surface area contributed by atoms with Crippen molar-refractivity contribution in [2.45, 2.75) is 31.7 Å². The van der Waals surface area contributed by atoms with Gasteiger partial charge in [-0.3, -0.25) is 0 Å². The second kappa shape index (κ2) is 3.92. The fourth-order valence-corrected chi connectivity index (χ4v) is 1.91. The van der Waals surface area contributed by atoms with Crippen molar-refractivity contribution < 1.29 is 0 Å². The van der Waals surface area contributed by atoms with Gasteiger partial charge in [-0.1, -0.05) is 17.7 Å². The lowest BCUT2D eigenvalue weighted by Crippen LogP contribution is -2.15. The summed E-state index contributed by atoms with van der Waals surface area (Å²) in [6.45, 7) is 0. The molecular formula is C10H16N4. The maximum absolute atomic E-state index is 5.95. The first-order chi connectivity index (χ1) is 6.77. The molecule has 1 aromatic heterocycles. The zero-order chi connectivity index (χ0) is 9.97. The molecule has 0 saturated carbocycles. The standard InChI is InChI=1S/C10H16N4/c1-14-10(7-12-13-14)8-4-2-3-5-9(11)6-8/h6-7,9H,2-5,11H2,1H3. The summed E-state index contributed by atoms with van der Waals surface area (Å²) in [5, 5.41) is 7.82. The van der Waals surface area contributed by atoms with Crippen LogP contribution in [-0.2, 0) is 7.05 Å². The van der Waals surface area contributed by atoms with Crippen molar-refractivity contribution in [1.29, 1.82) is 0 Å². The predicted octanol–water partition coefficient (Wildman–Crippen LogP) is 1.10. The number of hydrogen-bond acceptors (Lipinski definition) is 3. The number of nitrogens with zero attached hydrogens (tertiary/aromatic N) is 3. The summed E-state index contributed by atoms with van der Waals surface area (Å²) in [6.07, 6.45) is 8.58. The lowest BCUT2D eigenvalue weighted by atomic mass is 10.1. The SMILES string of the molecule is Cn1nncc1C1=CC(N)CCCC1. The predicted molar refractivity (Wildman–Crippen MR) is 55.4 cm³/mol. The summed E-state index contributed by atoms with van der Waals surface area (Å²) in [7, 11) is 1.92. The molecule has 1 aliphatic carbocycles. The van der Waals surface area contributed by atoms with E-state index in [4.69, 9.17) is 5.73 Å². The average molecular weight is 192 g/mol. The van der Waals surface area contributed by atoms with E-state index >= 15 is 0 Å². The van der Waals surface area contributed by atoms with E-state index in [9.17, 15) is 0 Å². The minimum atomic E-state index is 0.197. The van der Waals surface area contributed by atoms with Gasteiger partial charge in [-0.15, -0.1) is 5.10 Å². The Labute approximate surface area is 83.8 Å². The monoisotopic (exact) mass is 192 g/mol. The highest BCUT2D eigenvalue weighted by atomic mass is 15.4. The zero-order valence-electron chi connectivity index (χ0n) is 8.48. The summed E-state index contributed by atoms with van der Waals surface area (Å²) in [6, 6.07) is 0.197. The summed E-state index contributed by atoms with van der Waals surface area (Å²) < 4.78 is 1.81. The summed E-state index contributed by atoms with van der Waals surface area (Å²) >= 11 is 0. The first-order valence-corrected chi connectivity index (χ1v) is 5.08. The van der Waals surface area contributed by atoms with Crippen LogP contribution in [0.15, 0.2) is 12.3 Å². The molecule has 76 valence electrons. The van der Waals surface area contributed by atoms with Crippen molar-refractivity contribution in [2.75, 3.05) is 0 Å². The average Bonchev–Trinajstić information content (AvgIpc) is 2.45. The molecule has 14 heavy (non-hydrogen) atoms. The van der Waals surface area contributed by atoms with Crippen molar-refractivity contribution in [3.8, 4) is 0 Å². The van der Waals surface area contributed by atoms with E-state index in [1.54, 1.807) is 0 Å². The number of aromatic nitrogens is 3. The van der Waals surface area contributed by atoms with Crippen LogP contribution in [-0.4, -0.2) is 21.0 Å². The Morgan fingerprint density at radius 3 is 3.07 bits per heavy atom. The fourth-order valence-electron chi connectivity index (χ4n) is 1.91. The molecule has 0 saturated heterocycles. The second-order valence-corrected chi connectivity index (χ2v) is 3.84. The van der Waals surface area contributed by atoms with E-state index in [1.165, 1.54) is 18.4 Å². The van der Waals surface area contributed by atoms with Crippen molar-refractivity contribution in [2.24, 2.45) is 12.8 Å². The number of aryl methyl sites for hydroxylation is 1. The maximum Gasteiger partial charge on any atom is 0.0839 e. The number of allylic oxidation sites excluding steroid dienone is 1. The molecule has 0 aliphatic heterocycles. The van der Waals surface area contributed by atoms with E-state index in [-0.39, 0.29) is 6.04 Å². The normalized spacial score (nSPS) is 23.0. The van der Waals surface area contributed by atoms with Gasteiger partial charge in [0.2, 0.25) is 0 Å². The van der Waals surface area contributed by atoms with Crippen molar-refractivity contribution >= 4 is 5.57 Å². The molecule has 0 spiro atoms. The van der Waals surface area contributed by atoms with Crippen LogP contribution >= 0.6 is 0 Å². The number of rotatable bonds is 1. The Hall–Kier alpha value is -1.16. The van der Waals surface area contributed by atoms with Crippen molar-refractivity contribution in [3.05, 3.63) is 18.0 Å². The lowest BCUT2D eigenvalue weighted by molar-refractivity contribution is 0.657. The Kier molecular flexibility index (Phi) is 2.63. The molecular weight excluding hydrogens is 176 g/mol. The largest absolute Gasteiger partial charge is 0.324 e. The van der Waals surface area contributed by atoms with Crippen molar-refractivity contribution in [1.82, 2.24) is 15.0 Å².